The Labute approximate surface area is 117 Å². The summed E-state index contributed by atoms with van der Waals surface area (Å²) in [6, 6.07) is -0.786. The largest absolute Gasteiger partial charge is 0.480 e. The smallest absolute Gasteiger partial charge is 0.319 e. The van der Waals surface area contributed by atoms with Gasteiger partial charge in [-0.25, -0.2) is 0 Å². The quantitative estimate of drug-likeness (QED) is 0.685. The Bertz CT molecular complexity index is 430. The van der Waals surface area contributed by atoms with E-state index in [0.29, 0.717) is 19.4 Å². The molecular weight excluding hydrogens is 264 g/mol. The van der Waals surface area contributed by atoms with Crippen molar-refractivity contribution in [1.82, 2.24) is 10.2 Å². The van der Waals surface area contributed by atoms with Crippen molar-refractivity contribution in [3.8, 4) is 0 Å². The molecule has 1 heterocycles. The van der Waals surface area contributed by atoms with Crippen LogP contribution in [0.15, 0.2) is 0 Å². The SMILES string of the molecule is CC(C)NC(=O)C1COCCN1C(=O)C1(C(=O)O)CC1. The summed E-state index contributed by atoms with van der Waals surface area (Å²) in [6.45, 7) is 4.34. The van der Waals surface area contributed by atoms with Gasteiger partial charge in [0.2, 0.25) is 11.8 Å². The van der Waals surface area contributed by atoms with Gasteiger partial charge in [0.25, 0.3) is 0 Å². The topological polar surface area (TPSA) is 95.9 Å². The number of carbonyl (C=O) groups is 3. The molecule has 0 aromatic rings. The van der Waals surface area contributed by atoms with Crippen LogP contribution < -0.4 is 5.32 Å². The summed E-state index contributed by atoms with van der Waals surface area (Å²) < 4.78 is 5.26. The Morgan fingerprint density at radius 3 is 2.50 bits per heavy atom. The molecule has 7 heteroatoms. The molecule has 2 fully saturated rings. The lowest BCUT2D eigenvalue weighted by molar-refractivity contribution is -0.161. The second-order valence-electron chi connectivity index (χ2n) is 5.64. The van der Waals surface area contributed by atoms with Gasteiger partial charge in [0.15, 0.2) is 0 Å². The molecule has 7 nitrogen and oxygen atoms in total. The summed E-state index contributed by atoms with van der Waals surface area (Å²) in [5, 5.41) is 11.9. The number of morpholine rings is 1. The first-order valence-electron chi connectivity index (χ1n) is 6.81. The Morgan fingerprint density at radius 1 is 1.35 bits per heavy atom. The molecule has 1 aliphatic carbocycles. The van der Waals surface area contributed by atoms with Crippen LogP contribution in [0.1, 0.15) is 26.7 Å². The molecule has 2 aliphatic rings. The molecule has 1 saturated heterocycles. The van der Waals surface area contributed by atoms with Gasteiger partial charge in [0.05, 0.1) is 13.2 Å². The number of aliphatic carboxylic acids is 1. The molecule has 1 aliphatic heterocycles. The fraction of sp³-hybridized carbons (Fsp3) is 0.769. The molecule has 0 aromatic carbocycles. The number of carboxylic acids is 1. The predicted octanol–water partition coefficient (Wildman–Crippen LogP) is -0.397. The maximum Gasteiger partial charge on any atom is 0.319 e. The fourth-order valence-electron chi connectivity index (χ4n) is 2.36. The van der Waals surface area contributed by atoms with E-state index in [0.717, 1.165) is 0 Å². The molecule has 2 rings (SSSR count). The van der Waals surface area contributed by atoms with Gasteiger partial charge < -0.3 is 20.1 Å². The van der Waals surface area contributed by atoms with Gasteiger partial charge >= 0.3 is 5.97 Å². The van der Waals surface area contributed by atoms with E-state index in [2.05, 4.69) is 5.32 Å². The molecule has 1 saturated carbocycles. The minimum atomic E-state index is -1.31. The lowest BCUT2D eigenvalue weighted by Crippen LogP contribution is -2.59. The highest BCUT2D eigenvalue weighted by molar-refractivity contribution is 6.06. The van der Waals surface area contributed by atoms with E-state index in [9.17, 15) is 19.5 Å². The van der Waals surface area contributed by atoms with Crippen LogP contribution in [0.25, 0.3) is 0 Å². The van der Waals surface area contributed by atoms with E-state index in [1.807, 2.05) is 13.8 Å². The zero-order chi connectivity index (χ0) is 14.9. The highest BCUT2D eigenvalue weighted by atomic mass is 16.5. The molecule has 0 spiro atoms. The Balaban J connectivity index is 2.13. The van der Waals surface area contributed by atoms with E-state index >= 15 is 0 Å². The molecular formula is C13H20N2O5. The van der Waals surface area contributed by atoms with Crippen molar-refractivity contribution in [2.75, 3.05) is 19.8 Å². The minimum Gasteiger partial charge on any atom is -0.480 e. The van der Waals surface area contributed by atoms with Gasteiger partial charge in [0, 0.05) is 12.6 Å². The number of amides is 2. The van der Waals surface area contributed by atoms with Crippen LogP contribution in [-0.2, 0) is 19.1 Å². The second kappa shape index (κ2) is 5.40. The van der Waals surface area contributed by atoms with E-state index < -0.39 is 23.3 Å². The Hall–Kier alpha value is -1.63. The number of nitrogens with zero attached hydrogens (tertiary/aromatic N) is 1. The molecule has 0 aromatic heterocycles. The molecule has 0 bridgehead atoms. The van der Waals surface area contributed by atoms with Crippen LogP contribution in [0.5, 0.6) is 0 Å². The summed E-state index contributed by atoms with van der Waals surface area (Å²) in [6.07, 6.45) is 0.689. The molecule has 112 valence electrons. The van der Waals surface area contributed by atoms with Crippen molar-refractivity contribution >= 4 is 17.8 Å². The first kappa shape index (κ1) is 14.8. The Kier molecular flexibility index (Phi) is 3.99. The fourth-order valence-corrected chi connectivity index (χ4v) is 2.36. The van der Waals surface area contributed by atoms with Gasteiger partial charge in [-0.05, 0) is 26.7 Å². The van der Waals surface area contributed by atoms with Gasteiger partial charge in [-0.3, -0.25) is 14.4 Å². The van der Waals surface area contributed by atoms with Crippen molar-refractivity contribution in [2.45, 2.75) is 38.8 Å². The van der Waals surface area contributed by atoms with Crippen molar-refractivity contribution < 1.29 is 24.2 Å². The first-order valence-corrected chi connectivity index (χ1v) is 6.81. The number of ether oxygens (including phenoxy) is 1. The van der Waals surface area contributed by atoms with Crippen LogP contribution in [0, 0.1) is 5.41 Å². The molecule has 0 radical (unpaired) electrons. The molecule has 1 unspecified atom stereocenters. The van der Waals surface area contributed by atoms with Crippen LogP contribution in [0.2, 0.25) is 0 Å². The average molecular weight is 284 g/mol. The molecule has 2 amide bonds. The third-order valence-electron chi connectivity index (χ3n) is 3.69. The summed E-state index contributed by atoms with van der Waals surface area (Å²) in [5.74, 6) is -1.86. The normalized spacial score (nSPS) is 24.4. The number of hydrogen-bond acceptors (Lipinski definition) is 4. The van der Waals surface area contributed by atoms with Crippen LogP contribution in [-0.4, -0.2) is 59.6 Å². The molecule has 1 atom stereocenters. The number of rotatable bonds is 4. The summed E-state index contributed by atoms with van der Waals surface area (Å²) in [4.78, 5) is 37.1. The third-order valence-corrected chi connectivity index (χ3v) is 3.69. The van der Waals surface area contributed by atoms with Gasteiger partial charge in [-0.2, -0.15) is 0 Å². The minimum absolute atomic E-state index is 0.0456. The maximum absolute atomic E-state index is 12.4. The monoisotopic (exact) mass is 284 g/mol. The van der Waals surface area contributed by atoms with Crippen molar-refractivity contribution in [1.29, 1.82) is 0 Å². The first-order chi connectivity index (χ1) is 9.38. The van der Waals surface area contributed by atoms with E-state index in [4.69, 9.17) is 4.74 Å². The standard InChI is InChI=1S/C13H20N2O5/c1-8(2)14-10(16)9-7-20-6-5-15(9)11(17)13(3-4-13)12(18)19/h8-9H,3-7H2,1-2H3,(H,14,16)(H,18,19). The Morgan fingerprint density at radius 2 is 2.00 bits per heavy atom. The number of carbonyl (C=O) groups excluding carboxylic acids is 2. The van der Waals surface area contributed by atoms with Gasteiger partial charge in [0.1, 0.15) is 11.5 Å². The molecule has 20 heavy (non-hydrogen) atoms. The summed E-state index contributed by atoms with van der Waals surface area (Å²) in [7, 11) is 0. The van der Waals surface area contributed by atoms with E-state index in [1.54, 1.807) is 0 Å². The molecule has 2 N–H and O–H groups in total. The van der Waals surface area contributed by atoms with Crippen molar-refractivity contribution in [2.24, 2.45) is 5.41 Å². The predicted molar refractivity (Wildman–Crippen MR) is 68.9 cm³/mol. The van der Waals surface area contributed by atoms with Crippen LogP contribution >= 0.6 is 0 Å². The zero-order valence-corrected chi connectivity index (χ0v) is 11.7. The highest BCUT2D eigenvalue weighted by Gasteiger charge is 2.59. The average Bonchev–Trinajstić information content (AvgIpc) is 3.18. The van der Waals surface area contributed by atoms with Gasteiger partial charge in [-0.1, -0.05) is 0 Å². The number of hydrogen-bond donors (Lipinski definition) is 2. The summed E-state index contributed by atoms with van der Waals surface area (Å²) >= 11 is 0. The summed E-state index contributed by atoms with van der Waals surface area (Å²) in [5.41, 5.74) is -1.31. The van der Waals surface area contributed by atoms with Crippen LogP contribution in [0.3, 0.4) is 0 Å². The van der Waals surface area contributed by atoms with E-state index in [-0.39, 0.29) is 25.1 Å². The zero-order valence-electron chi connectivity index (χ0n) is 11.7. The maximum atomic E-state index is 12.4. The second-order valence-corrected chi connectivity index (χ2v) is 5.64. The van der Waals surface area contributed by atoms with Crippen molar-refractivity contribution in [3.05, 3.63) is 0 Å². The number of carboxylic acid groups (broad SMARTS) is 1. The number of nitrogens with one attached hydrogen (secondary N) is 1. The van der Waals surface area contributed by atoms with Gasteiger partial charge in [-0.15, -0.1) is 0 Å². The lowest BCUT2D eigenvalue weighted by Gasteiger charge is -2.36. The van der Waals surface area contributed by atoms with Crippen molar-refractivity contribution in [3.63, 3.8) is 0 Å². The third kappa shape index (κ3) is 2.63. The van der Waals surface area contributed by atoms with E-state index in [1.165, 1.54) is 4.90 Å². The lowest BCUT2D eigenvalue weighted by atomic mass is 10.0. The highest BCUT2D eigenvalue weighted by Crippen LogP contribution is 2.47. The van der Waals surface area contributed by atoms with Crippen LogP contribution in [0.4, 0.5) is 0 Å².